The molecule has 126 valence electrons. The zero-order chi connectivity index (χ0) is 17.8. The Kier molecular flexibility index (Phi) is 4.66. The fraction of sp³-hybridized carbons (Fsp3) is 0.100. The van der Waals surface area contributed by atoms with Crippen LogP contribution in [0.4, 0.5) is 0 Å². The lowest BCUT2D eigenvalue weighted by Crippen LogP contribution is -2.23. The molecule has 2 aromatic carbocycles. The van der Waals surface area contributed by atoms with Gasteiger partial charge in [-0.1, -0.05) is 24.3 Å². The lowest BCUT2D eigenvalue weighted by molar-refractivity contribution is 0.0948. The van der Waals surface area contributed by atoms with Crippen LogP contribution in [0, 0.1) is 6.92 Å². The Morgan fingerprint density at radius 1 is 1.08 bits per heavy atom. The van der Waals surface area contributed by atoms with E-state index in [1.54, 1.807) is 31.4 Å². The van der Waals surface area contributed by atoms with Crippen molar-refractivity contribution in [2.45, 2.75) is 13.5 Å². The smallest absolute Gasteiger partial charge is 0.251 e. The van der Waals surface area contributed by atoms with Crippen LogP contribution >= 0.6 is 0 Å². The molecule has 0 aliphatic carbocycles. The van der Waals surface area contributed by atoms with Crippen LogP contribution in [0.1, 0.15) is 31.8 Å². The highest BCUT2D eigenvalue weighted by Gasteiger charge is 2.12. The van der Waals surface area contributed by atoms with E-state index in [1.165, 1.54) is 0 Å². The Bertz CT molecular complexity index is 914. The summed E-state index contributed by atoms with van der Waals surface area (Å²) in [6.45, 7) is 2.12. The van der Waals surface area contributed by atoms with E-state index in [2.05, 4.69) is 5.32 Å². The Hall–Kier alpha value is -3.34. The molecule has 3 rings (SSSR count). The van der Waals surface area contributed by atoms with Crippen LogP contribution < -0.4 is 11.1 Å². The second-order valence-electron chi connectivity index (χ2n) is 5.71. The summed E-state index contributed by atoms with van der Waals surface area (Å²) in [6.07, 6.45) is 1.62. The number of nitrogens with one attached hydrogen (secondary N) is 1. The number of nitrogens with two attached hydrogens (primary N) is 1. The van der Waals surface area contributed by atoms with Crippen molar-refractivity contribution in [2.75, 3.05) is 0 Å². The molecule has 3 N–H and O–H groups in total. The fourth-order valence-electron chi connectivity index (χ4n) is 2.71. The number of amides is 2. The average Bonchev–Trinajstić information content (AvgIpc) is 3.14. The van der Waals surface area contributed by atoms with Gasteiger partial charge in [0.25, 0.3) is 5.91 Å². The van der Waals surface area contributed by atoms with Crippen molar-refractivity contribution in [3.63, 3.8) is 0 Å². The van der Waals surface area contributed by atoms with Gasteiger partial charge in [-0.2, -0.15) is 0 Å². The van der Waals surface area contributed by atoms with Crippen molar-refractivity contribution in [2.24, 2.45) is 5.73 Å². The number of primary amides is 1. The third-order valence-electron chi connectivity index (χ3n) is 4.00. The summed E-state index contributed by atoms with van der Waals surface area (Å²) in [4.78, 5) is 23.7. The maximum Gasteiger partial charge on any atom is 0.251 e. The molecule has 0 aliphatic rings. The van der Waals surface area contributed by atoms with Gasteiger partial charge in [0.2, 0.25) is 5.91 Å². The molecule has 0 atom stereocenters. The molecule has 5 heteroatoms. The molecule has 0 saturated carbocycles. The van der Waals surface area contributed by atoms with Gasteiger partial charge < -0.3 is 15.5 Å². The number of aryl methyl sites for hydroxylation is 1. The lowest BCUT2D eigenvalue weighted by atomic mass is 10.0. The zero-order valence-electron chi connectivity index (χ0n) is 13.8. The molecule has 2 amide bonds. The molecule has 0 radical (unpaired) electrons. The topological polar surface area (TPSA) is 85.3 Å². The minimum Gasteiger partial charge on any atom is -0.464 e. The third kappa shape index (κ3) is 3.61. The van der Waals surface area contributed by atoms with Crippen molar-refractivity contribution in [1.29, 1.82) is 0 Å². The van der Waals surface area contributed by atoms with Crippen LogP contribution in [0.25, 0.3) is 11.3 Å². The quantitative estimate of drug-likeness (QED) is 0.751. The summed E-state index contributed by atoms with van der Waals surface area (Å²) < 4.78 is 5.45. The van der Waals surface area contributed by atoms with Gasteiger partial charge in [-0.3, -0.25) is 9.59 Å². The average molecular weight is 334 g/mol. The second kappa shape index (κ2) is 7.05. The molecule has 0 bridgehead atoms. The summed E-state index contributed by atoms with van der Waals surface area (Å²) in [7, 11) is 0. The summed E-state index contributed by atoms with van der Waals surface area (Å²) in [5.74, 6) is 0.0386. The molecule has 0 spiro atoms. The predicted molar refractivity (Wildman–Crippen MR) is 95.0 cm³/mol. The molecule has 25 heavy (non-hydrogen) atoms. The first-order valence-corrected chi connectivity index (χ1v) is 7.86. The zero-order valence-corrected chi connectivity index (χ0v) is 13.8. The summed E-state index contributed by atoms with van der Waals surface area (Å²) in [5, 5.41) is 2.90. The predicted octanol–water partition coefficient (Wildman–Crippen LogP) is 3.28. The highest BCUT2D eigenvalue weighted by atomic mass is 16.3. The first-order chi connectivity index (χ1) is 12.1. The van der Waals surface area contributed by atoms with Crippen LogP contribution in [0.3, 0.4) is 0 Å². The molecule has 1 aromatic heterocycles. The normalized spacial score (nSPS) is 10.4. The van der Waals surface area contributed by atoms with Gasteiger partial charge in [0.15, 0.2) is 0 Å². The van der Waals surface area contributed by atoms with Crippen molar-refractivity contribution >= 4 is 11.8 Å². The molecular weight excluding hydrogens is 316 g/mol. The van der Waals surface area contributed by atoms with E-state index in [0.29, 0.717) is 23.2 Å². The Morgan fingerprint density at radius 3 is 2.56 bits per heavy atom. The van der Waals surface area contributed by atoms with E-state index in [9.17, 15) is 9.59 Å². The monoisotopic (exact) mass is 334 g/mol. The molecular formula is C20H18N2O3. The van der Waals surface area contributed by atoms with Crippen LogP contribution in [0.15, 0.2) is 65.3 Å². The molecule has 3 aromatic rings. The first kappa shape index (κ1) is 16.5. The Labute approximate surface area is 145 Å². The molecule has 0 fully saturated rings. The lowest BCUT2D eigenvalue weighted by Gasteiger charge is -2.10. The summed E-state index contributed by atoms with van der Waals surface area (Å²) in [5.41, 5.74) is 8.76. The van der Waals surface area contributed by atoms with Gasteiger partial charge >= 0.3 is 0 Å². The van der Waals surface area contributed by atoms with Crippen molar-refractivity contribution in [3.8, 4) is 11.3 Å². The Balaban J connectivity index is 1.75. The van der Waals surface area contributed by atoms with Crippen LogP contribution in [0.2, 0.25) is 0 Å². The number of carbonyl (C=O) groups is 2. The summed E-state index contributed by atoms with van der Waals surface area (Å²) in [6, 6.07) is 16.3. The number of hydrogen-bond acceptors (Lipinski definition) is 3. The van der Waals surface area contributed by atoms with Crippen LogP contribution in [-0.4, -0.2) is 11.8 Å². The van der Waals surface area contributed by atoms with E-state index in [4.69, 9.17) is 10.2 Å². The van der Waals surface area contributed by atoms with Gasteiger partial charge in [0.1, 0.15) is 5.76 Å². The maximum absolute atomic E-state index is 12.4. The molecule has 5 nitrogen and oxygen atoms in total. The number of furan rings is 1. The van der Waals surface area contributed by atoms with Gasteiger partial charge in [-0.05, 0) is 48.4 Å². The SMILES string of the molecule is Cc1cc(C(=O)NCc2ccccc2-c2ccco2)ccc1C(N)=O. The fourth-order valence-corrected chi connectivity index (χ4v) is 2.71. The van der Waals surface area contributed by atoms with Crippen LogP contribution in [0.5, 0.6) is 0 Å². The van der Waals surface area contributed by atoms with E-state index in [0.717, 1.165) is 16.9 Å². The largest absolute Gasteiger partial charge is 0.464 e. The van der Waals surface area contributed by atoms with Gasteiger partial charge in [0, 0.05) is 23.2 Å². The molecule has 0 aliphatic heterocycles. The number of hydrogen-bond donors (Lipinski definition) is 2. The van der Waals surface area contributed by atoms with Gasteiger partial charge in [-0.25, -0.2) is 0 Å². The van der Waals surface area contributed by atoms with E-state index >= 15 is 0 Å². The van der Waals surface area contributed by atoms with Crippen molar-refractivity contribution < 1.29 is 14.0 Å². The number of carbonyl (C=O) groups excluding carboxylic acids is 2. The molecule has 1 heterocycles. The highest BCUT2D eigenvalue weighted by molar-refractivity contribution is 5.98. The molecule has 0 unspecified atom stereocenters. The highest BCUT2D eigenvalue weighted by Crippen LogP contribution is 2.24. The van der Waals surface area contributed by atoms with Crippen molar-refractivity contribution in [1.82, 2.24) is 5.32 Å². The van der Waals surface area contributed by atoms with Gasteiger partial charge in [-0.15, -0.1) is 0 Å². The number of benzene rings is 2. The minimum atomic E-state index is -0.503. The van der Waals surface area contributed by atoms with Crippen LogP contribution in [-0.2, 0) is 6.54 Å². The number of rotatable bonds is 5. The van der Waals surface area contributed by atoms with E-state index in [-0.39, 0.29) is 5.91 Å². The van der Waals surface area contributed by atoms with E-state index < -0.39 is 5.91 Å². The minimum absolute atomic E-state index is 0.214. The van der Waals surface area contributed by atoms with E-state index in [1.807, 2.05) is 36.4 Å². The maximum atomic E-state index is 12.4. The third-order valence-corrected chi connectivity index (χ3v) is 4.00. The molecule has 0 saturated heterocycles. The Morgan fingerprint density at radius 2 is 1.88 bits per heavy atom. The second-order valence-corrected chi connectivity index (χ2v) is 5.71. The van der Waals surface area contributed by atoms with Crippen molar-refractivity contribution in [3.05, 3.63) is 83.1 Å². The summed E-state index contributed by atoms with van der Waals surface area (Å²) >= 11 is 0. The standard InChI is InChI=1S/C20H18N2O3/c1-13-11-14(8-9-16(13)19(21)23)20(24)22-12-15-5-2-3-6-17(15)18-7-4-10-25-18/h2-11H,12H2,1H3,(H2,21,23)(H,22,24). The first-order valence-electron chi connectivity index (χ1n) is 7.86. The van der Waals surface area contributed by atoms with Gasteiger partial charge in [0.05, 0.1) is 6.26 Å².